The van der Waals surface area contributed by atoms with E-state index in [-0.39, 0.29) is 0 Å². The maximum atomic E-state index is 10.9. The van der Waals surface area contributed by atoms with Crippen LogP contribution < -0.4 is 11.1 Å². The number of pyridine rings is 1. The van der Waals surface area contributed by atoms with Crippen LogP contribution in [0.15, 0.2) is 41.0 Å². The number of halogens is 2. The first-order valence-electron chi connectivity index (χ1n) is 5.50. The van der Waals surface area contributed by atoms with Crippen LogP contribution in [0.1, 0.15) is 15.9 Å². The molecule has 0 spiro atoms. The van der Waals surface area contributed by atoms with E-state index in [0.29, 0.717) is 17.3 Å². The average molecular weight is 341 g/mol. The number of nitrogens with two attached hydrogens (primary N) is 1. The molecule has 1 heterocycles. The summed E-state index contributed by atoms with van der Waals surface area (Å²) in [6.45, 7) is 0.620. The molecule has 0 atom stereocenters. The van der Waals surface area contributed by atoms with E-state index in [9.17, 15) is 4.79 Å². The van der Waals surface area contributed by atoms with Gasteiger partial charge in [0.1, 0.15) is 5.15 Å². The minimum Gasteiger partial charge on any atom is -0.380 e. The summed E-state index contributed by atoms with van der Waals surface area (Å²) >= 11 is 9.13. The maximum Gasteiger partial charge on any atom is 0.248 e. The van der Waals surface area contributed by atoms with Gasteiger partial charge in [0, 0.05) is 12.1 Å². The van der Waals surface area contributed by atoms with Crippen molar-refractivity contribution in [1.29, 1.82) is 0 Å². The van der Waals surface area contributed by atoms with E-state index in [1.165, 1.54) is 0 Å². The largest absolute Gasteiger partial charge is 0.380 e. The van der Waals surface area contributed by atoms with Gasteiger partial charge in [0.25, 0.3) is 0 Å². The minimum absolute atomic E-state index is 0.426. The highest BCUT2D eigenvalue weighted by molar-refractivity contribution is 9.10. The lowest BCUT2D eigenvalue weighted by molar-refractivity contribution is 0.100. The zero-order valence-electron chi connectivity index (χ0n) is 9.86. The molecule has 0 unspecified atom stereocenters. The van der Waals surface area contributed by atoms with Crippen LogP contribution in [0.5, 0.6) is 0 Å². The van der Waals surface area contributed by atoms with Crippen LogP contribution in [0, 0.1) is 0 Å². The van der Waals surface area contributed by atoms with E-state index in [4.69, 9.17) is 17.3 Å². The molecule has 6 heteroatoms. The van der Waals surface area contributed by atoms with Crippen LogP contribution in [0.25, 0.3) is 0 Å². The molecule has 98 valence electrons. The number of nitrogens with one attached hydrogen (secondary N) is 1. The Balaban J connectivity index is 2.01. The number of aromatic nitrogens is 1. The van der Waals surface area contributed by atoms with Gasteiger partial charge < -0.3 is 11.1 Å². The Kier molecular flexibility index (Phi) is 4.39. The second-order valence-electron chi connectivity index (χ2n) is 3.91. The summed E-state index contributed by atoms with van der Waals surface area (Å²) in [5.41, 5.74) is 7.57. The van der Waals surface area contributed by atoms with Crippen LogP contribution in [-0.4, -0.2) is 10.9 Å². The molecule has 1 aromatic heterocycles. The Morgan fingerprint density at radius 2 is 2.05 bits per heavy atom. The fourth-order valence-corrected chi connectivity index (χ4v) is 1.96. The van der Waals surface area contributed by atoms with Crippen molar-refractivity contribution in [1.82, 2.24) is 4.98 Å². The van der Waals surface area contributed by atoms with E-state index in [0.717, 1.165) is 15.7 Å². The third kappa shape index (κ3) is 3.68. The number of nitrogens with zero attached hydrogens (tertiary/aromatic N) is 1. The predicted molar refractivity (Wildman–Crippen MR) is 79.2 cm³/mol. The highest BCUT2D eigenvalue weighted by Gasteiger charge is 2.02. The second kappa shape index (κ2) is 6.04. The zero-order valence-corrected chi connectivity index (χ0v) is 12.2. The highest BCUT2D eigenvalue weighted by atomic mass is 79.9. The molecule has 0 aliphatic rings. The van der Waals surface area contributed by atoms with Gasteiger partial charge in [0.05, 0.1) is 16.4 Å². The van der Waals surface area contributed by atoms with Gasteiger partial charge in [-0.3, -0.25) is 4.79 Å². The molecule has 19 heavy (non-hydrogen) atoms. The lowest BCUT2D eigenvalue weighted by atomic mass is 10.1. The van der Waals surface area contributed by atoms with Gasteiger partial charge in [0.2, 0.25) is 5.91 Å². The smallest absolute Gasteiger partial charge is 0.248 e. The Bertz CT molecular complexity index is 601. The first-order chi connectivity index (χ1) is 9.06. The van der Waals surface area contributed by atoms with E-state index >= 15 is 0 Å². The van der Waals surface area contributed by atoms with E-state index < -0.39 is 5.91 Å². The minimum atomic E-state index is -0.426. The molecule has 0 aliphatic carbocycles. The summed E-state index contributed by atoms with van der Waals surface area (Å²) in [5.74, 6) is -0.426. The van der Waals surface area contributed by atoms with E-state index in [1.807, 2.05) is 18.2 Å². The molecule has 0 bridgehead atoms. The van der Waals surface area contributed by atoms with Crippen molar-refractivity contribution < 1.29 is 4.79 Å². The molecule has 0 aliphatic heterocycles. The molecular formula is C13H11BrClN3O. The number of primary amides is 1. The number of anilines is 1. The number of carbonyl (C=O) groups is 1. The first-order valence-corrected chi connectivity index (χ1v) is 6.67. The Morgan fingerprint density at radius 3 is 2.63 bits per heavy atom. The molecule has 4 nitrogen and oxygen atoms in total. The van der Waals surface area contributed by atoms with E-state index in [1.54, 1.807) is 18.3 Å². The fourth-order valence-electron chi connectivity index (χ4n) is 1.51. The molecule has 0 fully saturated rings. The monoisotopic (exact) mass is 339 g/mol. The Hall–Kier alpha value is -1.59. The Labute approximate surface area is 124 Å². The number of carbonyl (C=O) groups excluding carboxylic acids is 1. The second-order valence-corrected chi connectivity index (χ2v) is 5.12. The molecule has 2 aromatic rings. The van der Waals surface area contributed by atoms with Crippen molar-refractivity contribution >= 4 is 39.1 Å². The fraction of sp³-hybridized carbons (Fsp3) is 0.0769. The number of hydrogen-bond donors (Lipinski definition) is 2. The predicted octanol–water partition coefficient (Wildman–Crippen LogP) is 3.21. The summed E-state index contributed by atoms with van der Waals surface area (Å²) < 4.78 is 0.739. The normalized spacial score (nSPS) is 10.2. The van der Waals surface area contributed by atoms with Crippen LogP contribution in [0.4, 0.5) is 5.69 Å². The molecule has 0 radical (unpaired) electrons. The van der Waals surface area contributed by atoms with Crippen molar-refractivity contribution in [3.05, 3.63) is 57.3 Å². The molecule has 2 rings (SSSR count). The van der Waals surface area contributed by atoms with Crippen molar-refractivity contribution in [2.24, 2.45) is 5.73 Å². The van der Waals surface area contributed by atoms with Crippen LogP contribution in [0.2, 0.25) is 5.15 Å². The van der Waals surface area contributed by atoms with Gasteiger partial charge in [0.15, 0.2) is 0 Å². The number of benzene rings is 1. The van der Waals surface area contributed by atoms with Crippen molar-refractivity contribution in [3.8, 4) is 0 Å². The standard InChI is InChI=1S/C13H11BrClN3O/c14-11-5-10(7-18-12(11)15)17-6-8-1-3-9(4-2-8)13(16)19/h1-5,7,17H,6H2,(H2,16,19). The molecule has 0 saturated heterocycles. The number of amides is 1. The molecule has 1 aromatic carbocycles. The van der Waals surface area contributed by atoms with Crippen LogP contribution >= 0.6 is 27.5 Å². The summed E-state index contributed by atoms with van der Waals surface area (Å²) in [6.07, 6.45) is 1.66. The quantitative estimate of drug-likeness (QED) is 0.840. The van der Waals surface area contributed by atoms with Gasteiger partial charge in [-0.05, 0) is 39.7 Å². The number of hydrogen-bond acceptors (Lipinski definition) is 3. The molecule has 3 N–H and O–H groups in total. The summed E-state index contributed by atoms with van der Waals surface area (Å²) in [5, 5.41) is 3.64. The van der Waals surface area contributed by atoms with Gasteiger partial charge in [-0.15, -0.1) is 0 Å². The first kappa shape index (κ1) is 13.8. The van der Waals surface area contributed by atoms with Gasteiger partial charge >= 0.3 is 0 Å². The third-order valence-electron chi connectivity index (χ3n) is 2.53. The van der Waals surface area contributed by atoms with Crippen LogP contribution in [0.3, 0.4) is 0 Å². The molecule has 0 saturated carbocycles. The summed E-state index contributed by atoms with van der Waals surface area (Å²) in [4.78, 5) is 15.0. The van der Waals surface area contributed by atoms with Crippen molar-refractivity contribution in [2.75, 3.05) is 5.32 Å². The highest BCUT2D eigenvalue weighted by Crippen LogP contribution is 2.23. The van der Waals surface area contributed by atoms with Crippen LogP contribution in [-0.2, 0) is 6.54 Å². The zero-order chi connectivity index (χ0) is 13.8. The average Bonchev–Trinajstić information content (AvgIpc) is 2.40. The lowest BCUT2D eigenvalue weighted by Crippen LogP contribution is -2.10. The summed E-state index contributed by atoms with van der Waals surface area (Å²) in [7, 11) is 0. The van der Waals surface area contributed by atoms with Crippen molar-refractivity contribution in [3.63, 3.8) is 0 Å². The summed E-state index contributed by atoms with van der Waals surface area (Å²) in [6, 6.07) is 8.97. The topological polar surface area (TPSA) is 68.0 Å². The molecule has 1 amide bonds. The molecular weight excluding hydrogens is 330 g/mol. The Morgan fingerprint density at radius 1 is 1.37 bits per heavy atom. The lowest BCUT2D eigenvalue weighted by Gasteiger charge is -2.07. The van der Waals surface area contributed by atoms with Gasteiger partial charge in [-0.2, -0.15) is 0 Å². The van der Waals surface area contributed by atoms with Crippen molar-refractivity contribution in [2.45, 2.75) is 6.54 Å². The SMILES string of the molecule is NC(=O)c1ccc(CNc2cnc(Cl)c(Br)c2)cc1. The third-order valence-corrected chi connectivity index (χ3v) is 3.67. The maximum absolute atomic E-state index is 10.9. The van der Waals surface area contributed by atoms with Gasteiger partial charge in [-0.25, -0.2) is 4.98 Å². The number of rotatable bonds is 4. The van der Waals surface area contributed by atoms with Gasteiger partial charge in [-0.1, -0.05) is 23.7 Å². The van der Waals surface area contributed by atoms with E-state index in [2.05, 4.69) is 26.2 Å².